The number of pyridine rings is 1. The van der Waals surface area contributed by atoms with Gasteiger partial charge in [0.2, 0.25) is 0 Å². The average Bonchev–Trinajstić information content (AvgIpc) is 3.30. The van der Waals surface area contributed by atoms with E-state index in [1.54, 1.807) is 31.8 Å². The summed E-state index contributed by atoms with van der Waals surface area (Å²) in [5.41, 5.74) is 1.79. The zero-order valence-electron chi connectivity index (χ0n) is 15.3. The predicted molar refractivity (Wildman–Crippen MR) is 119 cm³/mol. The molecule has 1 N–H and O–H groups in total. The van der Waals surface area contributed by atoms with Gasteiger partial charge in [0.25, 0.3) is 0 Å². The van der Waals surface area contributed by atoms with Crippen LogP contribution in [0.15, 0.2) is 58.5 Å². The Kier molecular flexibility index (Phi) is 5.52. The van der Waals surface area contributed by atoms with Gasteiger partial charge >= 0.3 is 0 Å². The molecule has 0 bridgehead atoms. The lowest BCUT2D eigenvalue weighted by atomic mass is 10.0. The lowest BCUT2D eigenvalue weighted by molar-refractivity contribution is 0.403. The summed E-state index contributed by atoms with van der Waals surface area (Å²) in [6.45, 7) is 0. The van der Waals surface area contributed by atoms with Crippen LogP contribution in [0, 0.1) is 0 Å². The van der Waals surface area contributed by atoms with E-state index >= 15 is 0 Å². The third-order valence-corrected chi connectivity index (χ3v) is 6.70. The number of aromatic nitrogens is 1. The standard InChI is InChI=1S/C20H18BrN3O2S2/c1-25-13-6-7-16(26-2)15(10-13)24-19(17-9-12(21)11-28-17)18(23-20(24)27)14-5-3-4-8-22-14/h3-11,18-19H,1-2H3,(H,23,27)/t18-,19+/m1/s1. The third-order valence-electron chi connectivity index (χ3n) is 4.62. The Morgan fingerprint density at radius 3 is 2.68 bits per heavy atom. The summed E-state index contributed by atoms with van der Waals surface area (Å²) in [5, 5.41) is 6.15. The van der Waals surface area contributed by atoms with E-state index in [2.05, 4.69) is 42.6 Å². The Morgan fingerprint density at radius 1 is 1.18 bits per heavy atom. The first-order valence-corrected chi connectivity index (χ1v) is 10.7. The minimum absolute atomic E-state index is 0.0697. The summed E-state index contributed by atoms with van der Waals surface area (Å²) in [7, 11) is 3.31. The molecule has 1 aliphatic rings. The van der Waals surface area contributed by atoms with Crippen LogP contribution in [-0.4, -0.2) is 24.3 Å². The van der Waals surface area contributed by atoms with Gasteiger partial charge in [0, 0.05) is 27.0 Å². The maximum atomic E-state index is 5.75. The highest BCUT2D eigenvalue weighted by molar-refractivity contribution is 9.10. The smallest absolute Gasteiger partial charge is 0.174 e. The molecular weight excluding hydrogens is 458 g/mol. The molecule has 144 valence electrons. The van der Waals surface area contributed by atoms with Crippen molar-refractivity contribution in [3.05, 3.63) is 69.1 Å². The van der Waals surface area contributed by atoms with E-state index in [1.165, 1.54) is 4.88 Å². The molecule has 1 aliphatic heterocycles. The molecule has 8 heteroatoms. The molecule has 0 spiro atoms. The van der Waals surface area contributed by atoms with Crippen LogP contribution >= 0.6 is 39.5 Å². The van der Waals surface area contributed by atoms with Gasteiger partial charge in [0.15, 0.2) is 5.11 Å². The Morgan fingerprint density at radius 2 is 2.04 bits per heavy atom. The molecule has 5 nitrogen and oxygen atoms in total. The number of anilines is 1. The number of hydrogen-bond acceptors (Lipinski definition) is 5. The fourth-order valence-corrected chi connectivity index (χ4v) is 5.28. The Hall–Kier alpha value is -2.16. The minimum atomic E-state index is -0.0878. The third kappa shape index (κ3) is 3.47. The van der Waals surface area contributed by atoms with Crippen molar-refractivity contribution in [2.45, 2.75) is 12.1 Å². The van der Waals surface area contributed by atoms with Gasteiger partial charge < -0.3 is 19.7 Å². The zero-order chi connectivity index (χ0) is 19.7. The first kappa shape index (κ1) is 19.2. The lowest BCUT2D eigenvalue weighted by Crippen LogP contribution is -2.29. The van der Waals surface area contributed by atoms with E-state index in [4.69, 9.17) is 21.7 Å². The topological polar surface area (TPSA) is 46.6 Å². The van der Waals surface area contributed by atoms with Gasteiger partial charge in [0.1, 0.15) is 11.5 Å². The molecule has 0 saturated carbocycles. The van der Waals surface area contributed by atoms with Crippen LogP contribution in [-0.2, 0) is 0 Å². The van der Waals surface area contributed by atoms with Gasteiger partial charge in [-0.05, 0) is 58.5 Å². The van der Waals surface area contributed by atoms with Crippen LogP contribution in [0.1, 0.15) is 22.7 Å². The van der Waals surface area contributed by atoms with Crippen LogP contribution in [0.25, 0.3) is 0 Å². The first-order valence-electron chi connectivity index (χ1n) is 8.59. The van der Waals surface area contributed by atoms with Crippen molar-refractivity contribution in [1.29, 1.82) is 0 Å². The molecule has 2 atom stereocenters. The molecule has 0 amide bonds. The summed E-state index contributed by atoms with van der Waals surface area (Å²) in [5.74, 6) is 1.47. The molecule has 0 radical (unpaired) electrons. The zero-order valence-corrected chi connectivity index (χ0v) is 18.5. The van der Waals surface area contributed by atoms with E-state index < -0.39 is 0 Å². The molecule has 1 fully saturated rings. The van der Waals surface area contributed by atoms with Gasteiger partial charge in [-0.2, -0.15) is 0 Å². The van der Waals surface area contributed by atoms with Crippen LogP contribution in [0.4, 0.5) is 5.69 Å². The number of methoxy groups -OCH3 is 2. The van der Waals surface area contributed by atoms with Crippen molar-refractivity contribution < 1.29 is 9.47 Å². The van der Waals surface area contributed by atoms with Crippen molar-refractivity contribution >= 4 is 50.3 Å². The van der Waals surface area contributed by atoms with Crippen LogP contribution in [0.2, 0.25) is 0 Å². The highest BCUT2D eigenvalue weighted by Gasteiger charge is 2.42. The second-order valence-corrected chi connectivity index (χ2v) is 8.45. The molecule has 0 aliphatic carbocycles. The Labute approximate surface area is 181 Å². The number of thiocarbonyl (C=S) groups is 1. The molecule has 1 saturated heterocycles. The molecule has 3 aromatic rings. The molecule has 0 unspecified atom stereocenters. The fraction of sp³-hybridized carbons (Fsp3) is 0.200. The second-order valence-electron chi connectivity index (χ2n) is 6.20. The van der Waals surface area contributed by atoms with Gasteiger partial charge in [-0.3, -0.25) is 4.98 Å². The molecule has 1 aromatic carbocycles. The molecule has 2 aromatic heterocycles. The minimum Gasteiger partial charge on any atom is -0.497 e. The molecular formula is C20H18BrN3O2S2. The number of hydrogen-bond donors (Lipinski definition) is 1. The quantitative estimate of drug-likeness (QED) is 0.517. The largest absolute Gasteiger partial charge is 0.497 e. The van der Waals surface area contributed by atoms with Gasteiger partial charge in [-0.15, -0.1) is 11.3 Å². The normalized spacial score (nSPS) is 18.8. The Balaban J connectivity index is 1.87. The number of nitrogens with zero attached hydrogens (tertiary/aromatic N) is 2. The SMILES string of the molecule is COc1ccc(OC)c(N2C(=S)N[C@H](c3ccccn3)[C@@H]2c2cc(Br)cs2)c1. The van der Waals surface area contributed by atoms with Crippen molar-refractivity contribution in [3.63, 3.8) is 0 Å². The van der Waals surface area contributed by atoms with Crippen molar-refractivity contribution in [3.8, 4) is 11.5 Å². The number of halogens is 1. The van der Waals surface area contributed by atoms with E-state index in [-0.39, 0.29) is 12.1 Å². The van der Waals surface area contributed by atoms with Crippen molar-refractivity contribution in [1.82, 2.24) is 10.3 Å². The average molecular weight is 476 g/mol. The highest BCUT2D eigenvalue weighted by atomic mass is 79.9. The molecule has 28 heavy (non-hydrogen) atoms. The number of rotatable bonds is 5. The number of thiophene rings is 1. The number of ether oxygens (including phenoxy) is 2. The Bertz CT molecular complexity index is 996. The van der Waals surface area contributed by atoms with Crippen LogP contribution in [0.5, 0.6) is 11.5 Å². The second kappa shape index (κ2) is 8.06. The first-order chi connectivity index (χ1) is 13.6. The van der Waals surface area contributed by atoms with Crippen molar-refractivity contribution in [2.75, 3.05) is 19.1 Å². The van der Waals surface area contributed by atoms with Gasteiger partial charge in [-0.25, -0.2) is 0 Å². The van der Waals surface area contributed by atoms with Crippen LogP contribution in [0.3, 0.4) is 0 Å². The summed E-state index contributed by atoms with van der Waals surface area (Å²) in [6, 6.07) is 13.6. The summed E-state index contributed by atoms with van der Waals surface area (Å²) in [4.78, 5) is 7.83. The highest BCUT2D eigenvalue weighted by Crippen LogP contribution is 2.47. The van der Waals surface area contributed by atoms with E-state index in [9.17, 15) is 0 Å². The maximum absolute atomic E-state index is 5.75. The lowest BCUT2D eigenvalue weighted by Gasteiger charge is -2.28. The van der Waals surface area contributed by atoms with Crippen LogP contribution < -0.4 is 19.7 Å². The fourth-order valence-electron chi connectivity index (χ4n) is 3.37. The predicted octanol–water partition coefficient (Wildman–Crippen LogP) is 5.10. The van der Waals surface area contributed by atoms with E-state index in [1.807, 2.05) is 36.4 Å². The van der Waals surface area contributed by atoms with E-state index in [0.29, 0.717) is 5.11 Å². The molecule has 3 heterocycles. The van der Waals surface area contributed by atoms with Gasteiger partial charge in [0.05, 0.1) is 37.7 Å². The monoisotopic (exact) mass is 475 g/mol. The summed E-state index contributed by atoms with van der Waals surface area (Å²) >= 11 is 11.0. The summed E-state index contributed by atoms with van der Waals surface area (Å²) < 4.78 is 12.1. The summed E-state index contributed by atoms with van der Waals surface area (Å²) in [6.07, 6.45) is 1.80. The maximum Gasteiger partial charge on any atom is 0.174 e. The molecule has 4 rings (SSSR count). The van der Waals surface area contributed by atoms with Gasteiger partial charge in [-0.1, -0.05) is 6.07 Å². The van der Waals surface area contributed by atoms with Crippen molar-refractivity contribution in [2.24, 2.45) is 0 Å². The number of nitrogens with one attached hydrogen (secondary N) is 1. The van der Waals surface area contributed by atoms with E-state index in [0.717, 1.165) is 27.4 Å². The number of benzene rings is 1.